The first-order valence-corrected chi connectivity index (χ1v) is 6.26. The van der Waals surface area contributed by atoms with Crippen LogP contribution in [0.5, 0.6) is 0 Å². The van der Waals surface area contributed by atoms with Crippen molar-refractivity contribution in [2.45, 2.75) is 60.3 Å². The average Bonchev–Trinajstić information content (AvgIpc) is 2.65. The van der Waals surface area contributed by atoms with Crippen molar-refractivity contribution < 1.29 is 26.2 Å². The largest absolute Gasteiger partial charge is 0.269 e. The third-order valence-electron chi connectivity index (χ3n) is 3.93. The molecule has 1 rings (SSSR count). The van der Waals surface area contributed by atoms with E-state index < -0.39 is 0 Å². The van der Waals surface area contributed by atoms with Crippen LogP contribution in [0, 0.1) is 16.9 Å². The molecule has 1 unspecified atom stereocenters. The molecule has 3 heteroatoms. The Morgan fingerprint density at radius 2 is 1.72 bits per heavy atom. The van der Waals surface area contributed by atoms with Crippen LogP contribution in [0.2, 0.25) is 0 Å². The van der Waals surface area contributed by atoms with Gasteiger partial charge in [0.25, 0.3) is 0 Å². The minimum Gasteiger partial charge on any atom is -0.269 e. The Balaban J connectivity index is -0.000000750. The summed E-state index contributed by atoms with van der Waals surface area (Å²) in [5.74, 6) is 0. The zero-order chi connectivity index (χ0) is 11.5. The van der Waals surface area contributed by atoms with Crippen LogP contribution in [0.3, 0.4) is 0 Å². The van der Waals surface area contributed by atoms with Crippen LogP contribution in [0.15, 0.2) is 17.7 Å². The molecule has 0 radical (unpaired) electrons. The van der Waals surface area contributed by atoms with Crippen LogP contribution >= 0.6 is 24.8 Å². The van der Waals surface area contributed by atoms with Crippen molar-refractivity contribution >= 4 is 24.8 Å². The van der Waals surface area contributed by atoms with Gasteiger partial charge in [-0.05, 0) is 23.7 Å². The first-order chi connectivity index (χ1) is 6.98. The predicted molar refractivity (Wildman–Crippen MR) is 82.1 cm³/mol. The topological polar surface area (TPSA) is 0 Å². The summed E-state index contributed by atoms with van der Waals surface area (Å²) in [4.78, 5) is 0. The van der Waals surface area contributed by atoms with Crippen LogP contribution < -0.4 is 0 Å². The van der Waals surface area contributed by atoms with Crippen LogP contribution in [0.1, 0.15) is 60.3 Å². The summed E-state index contributed by atoms with van der Waals surface area (Å²) in [6.45, 7) is 11.7. The molecule has 0 nitrogen and oxygen atoms in total. The van der Waals surface area contributed by atoms with Gasteiger partial charge in [-0.15, -0.1) is 31.2 Å². The molecule has 0 aliphatic heterocycles. The van der Waals surface area contributed by atoms with Crippen molar-refractivity contribution in [3.05, 3.63) is 23.8 Å². The van der Waals surface area contributed by atoms with E-state index in [1.807, 2.05) is 0 Å². The summed E-state index contributed by atoms with van der Waals surface area (Å²) in [6.07, 6.45) is 12.8. The van der Waals surface area contributed by atoms with Gasteiger partial charge in [0.2, 0.25) is 0 Å². The molecular formula is C15H27Cl2Zr-. The zero-order valence-electron chi connectivity index (χ0n) is 12.3. The summed E-state index contributed by atoms with van der Waals surface area (Å²) in [7, 11) is 0. The minimum atomic E-state index is 0. The fourth-order valence-corrected chi connectivity index (χ4v) is 2.97. The molecule has 1 aliphatic carbocycles. The molecule has 0 saturated heterocycles. The van der Waals surface area contributed by atoms with Crippen molar-refractivity contribution in [3.63, 3.8) is 0 Å². The molecule has 0 amide bonds. The van der Waals surface area contributed by atoms with E-state index in [1.54, 1.807) is 0 Å². The van der Waals surface area contributed by atoms with E-state index in [1.165, 1.54) is 24.8 Å². The average molecular weight is 370 g/mol. The third kappa shape index (κ3) is 4.80. The van der Waals surface area contributed by atoms with Crippen LogP contribution in [0.4, 0.5) is 0 Å². The van der Waals surface area contributed by atoms with E-state index in [0.717, 1.165) is 6.42 Å². The molecule has 18 heavy (non-hydrogen) atoms. The van der Waals surface area contributed by atoms with Gasteiger partial charge in [0.15, 0.2) is 0 Å². The molecule has 1 aliphatic rings. The van der Waals surface area contributed by atoms with E-state index in [9.17, 15) is 0 Å². The number of rotatable bonds is 4. The van der Waals surface area contributed by atoms with Gasteiger partial charge in [0, 0.05) is 26.2 Å². The molecule has 0 aromatic carbocycles. The fourth-order valence-electron chi connectivity index (χ4n) is 2.97. The Kier molecular flexibility index (Phi) is 13.0. The maximum absolute atomic E-state index is 3.55. The van der Waals surface area contributed by atoms with E-state index in [-0.39, 0.29) is 51.0 Å². The van der Waals surface area contributed by atoms with Crippen LogP contribution in [-0.4, -0.2) is 0 Å². The van der Waals surface area contributed by atoms with Gasteiger partial charge >= 0.3 is 0 Å². The molecule has 0 heterocycles. The van der Waals surface area contributed by atoms with E-state index in [4.69, 9.17) is 0 Å². The molecule has 0 aromatic rings. The van der Waals surface area contributed by atoms with Gasteiger partial charge in [0.05, 0.1) is 0 Å². The Bertz CT molecular complexity index is 277. The standard InChI is InChI=1S/C15H25.2ClH.Zr/c1-6-12-15(7-2,14(3,4)5)13-10-8-9-11-13;;;/h8,10H,6-7,9,12H2,1-5H3;2*1H;/q-1;;;. The van der Waals surface area contributed by atoms with Crippen LogP contribution in [0.25, 0.3) is 0 Å². The van der Waals surface area contributed by atoms with Gasteiger partial charge in [-0.2, -0.15) is 6.08 Å². The monoisotopic (exact) mass is 367 g/mol. The summed E-state index contributed by atoms with van der Waals surface area (Å²) < 4.78 is 0. The molecule has 0 fully saturated rings. The van der Waals surface area contributed by atoms with Crippen molar-refractivity contribution in [1.82, 2.24) is 0 Å². The van der Waals surface area contributed by atoms with E-state index in [0.29, 0.717) is 10.8 Å². The Morgan fingerprint density at radius 3 is 2.00 bits per heavy atom. The Labute approximate surface area is 145 Å². The molecule has 106 valence electrons. The first-order valence-electron chi connectivity index (χ1n) is 6.26. The summed E-state index contributed by atoms with van der Waals surface area (Å²) in [6, 6.07) is 0. The molecule has 0 saturated carbocycles. The number of hydrogen-bond acceptors (Lipinski definition) is 0. The number of halogens is 2. The predicted octanol–water partition coefficient (Wildman–Crippen LogP) is 5.76. The number of hydrogen-bond donors (Lipinski definition) is 0. The van der Waals surface area contributed by atoms with Gasteiger partial charge in [-0.1, -0.05) is 41.0 Å². The van der Waals surface area contributed by atoms with Gasteiger partial charge in [0.1, 0.15) is 0 Å². The molecular weight excluding hydrogens is 342 g/mol. The maximum atomic E-state index is 3.55. The quantitative estimate of drug-likeness (QED) is 0.553. The van der Waals surface area contributed by atoms with Crippen molar-refractivity contribution in [2.24, 2.45) is 10.8 Å². The molecule has 0 spiro atoms. The second-order valence-electron chi connectivity index (χ2n) is 5.63. The summed E-state index contributed by atoms with van der Waals surface area (Å²) >= 11 is 0. The summed E-state index contributed by atoms with van der Waals surface area (Å²) in [5.41, 5.74) is 2.11. The second-order valence-corrected chi connectivity index (χ2v) is 5.63. The SMILES string of the molecule is CCCC(CC)(C1=[C-]CC=C1)C(C)(C)C.Cl.Cl.[Zr]. The molecule has 1 atom stereocenters. The molecule has 0 aromatic heterocycles. The minimum absolute atomic E-state index is 0. The van der Waals surface area contributed by atoms with Gasteiger partial charge < -0.3 is 0 Å². The molecule has 0 bridgehead atoms. The van der Waals surface area contributed by atoms with Gasteiger partial charge in [-0.25, -0.2) is 11.6 Å². The fraction of sp³-hybridized carbons (Fsp3) is 0.733. The maximum Gasteiger partial charge on any atom is 0 e. The van der Waals surface area contributed by atoms with E-state index in [2.05, 4.69) is 52.8 Å². The zero-order valence-corrected chi connectivity index (χ0v) is 16.4. The number of allylic oxidation sites excluding steroid dienone is 4. The Morgan fingerprint density at radius 1 is 1.17 bits per heavy atom. The van der Waals surface area contributed by atoms with Crippen LogP contribution in [-0.2, 0) is 26.2 Å². The van der Waals surface area contributed by atoms with Crippen molar-refractivity contribution in [3.8, 4) is 0 Å². The van der Waals surface area contributed by atoms with Crippen molar-refractivity contribution in [2.75, 3.05) is 0 Å². The second kappa shape index (κ2) is 9.79. The van der Waals surface area contributed by atoms with E-state index >= 15 is 0 Å². The summed E-state index contributed by atoms with van der Waals surface area (Å²) in [5, 5.41) is 0. The first kappa shape index (κ1) is 24.0. The normalized spacial score (nSPS) is 16.8. The third-order valence-corrected chi connectivity index (χ3v) is 3.93. The Hall–Kier alpha value is 0.943. The molecule has 0 N–H and O–H groups in total. The van der Waals surface area contributed by atoms with Gasteiger partial charge in [-0.3, -0.25) is 6.08 Å². The van der Waals surface area contributed by atoms with Crippen molar-refractivity contribution in [1.29, 1.82) is 0 Å². The smallest absolute Gasteiger partial charge is 0 e.